The van der Waals surface area contributed by atoms with Crippen LogP contribution >= 0.6 is 12.4 Å². The molecule has 1 rings (SSSR count). The van der Waals surface area contributed by atoms with Crippen molar-refractivity contribution in [2.75, 3.05) is 13.1 Å². The van der Waals surface area contributed by atoms with Crippen LogP contribution < -0.4 is 0 Å². The Morgan fingerprint density at radius 1 is 1.11 bits per heavy atom. The highest BCUT2D eigenvalue weighted by Crippen LogP contribution is 2.11. The van der Waals surface area contributed by atoms with Gasteiger partial charge in [-0.25, -0.2) is 0 Å². The largest absolute Gasteiger partial charge is 0.373 e. The third-order valence-electron chi connectivity index (χ3n) is 3.55. The number of unbranched alkanes of at least 4 members (excludes halogenated alkanes) is 7. The Kier molecular flexibility index (Phi) is 11.9. The van der Waals surface area contributed by atoms with Gasteiger partial charge < -0.3 is 4.90 Å². The zero-order chi connectivity index (χ0) is 13.1. The Hall–Kier alpha value is -0.690. The van der Waals surface area contributed by atoms with Crippen LogP contribution in [-0.2, 0) is 0 Å². The molecular formula is C17H30ClN. The topological polar surface area (TPSA) is 3.24 Å². The summed E-state index contributed by atoms with van der Waals surface area (Å²) in [6.07, 6.45) is 19.6. The second-order valence-corrected chi connectivity index (χ2v) is 5.23. The molecule has 0 aromatic heterocycles. The van der Waals surface area contributed by atoms with Crippen LogP contribution in [0.2, 0.25) is 0 Å². The van der Waals surface area contributed by atoms with E-state index in [4.69, 9.17) is 0 Å². The van der Waals surface area contributed by atoms with Crippen LogP contribution in [0.4, 0.5) is 0 Å². The molecule has 0 aliphatic carbocycles. The molecule has 1 aliphatic heterocycles. The first-order valence-corrected chi connectivity index (χ1v) is 7.60. The number of nitrogens with zero attached hydrogens (tertiary/aromatic N) is 1. The molecule has 0 bridgehead atoms. The third-order valence-corrected chi connectivity index (χ3v) is 3.55. The lowest BCUT2D eigenvalue weighted by Crippen LogP contribution is -2.22. The average molecular weight is 284 g/mol. The van der Waals surface area contributed by atoms with Crippen molar-refractivity contribution in [3.63, 3.8) is 0 Å². The second-order valence-electron chi connectivity index (χ2n) is 5.23. The SMILES string of the molecule is C=CC1=CC=CN(CCCCCCCCCC)C1.Cl. The van der Waals surface area contributed by atoms with E-state index in [1.165, 1.54) is 63.5 Å². The summed E-state index contributed by atoms with van der Waals surface area (Å²) < 4.78 is 0. The molecule has 0 spiro atoms. The van der Waals surface area contributed by atoms with Gasteiger partial charge >= 0.3 is 0 Å². The average Bonchev–Trinajstić information content (AvgIpc) is 2.42. The van der Waals surface area contributed by atoms with E-state index < -0.39 is 0 Å². The quantitative estimate of drug-likeness (QED) is 0.479. The molecule has 0 N–H and O–H groups in total. The minimum Gasteiger partial charge on any atom is -0.373 e. The lowest BCUT2D eigenvalue weighted by Gasteiger charge is -2.23. The van der Waals surface area contributed by atoms with E-state index in [-0.39, 0.29) is 12.4 Å². The molecule has 1 nitrogen and oxygen atoms in total. The summed E-state index contributed by atoms with van der Waals surface area (Å²) in [6.45, 7) is 8.34. The van der Waals surface area contributed by atoms with E-state index in [1.807, 2.05) is 6.08 Å². The summed E-state index contributed by atoms with van der Waals surface area (Å²) in [5.41, 5.74) is 1.33. The minimum absolute atomic E-state index is 0. The summed E-state index contributed by atoms with van der Waals surface area (Å²) >= 11 is 0. The Labute approximate surface area is 125 Å². The van der Waals surface area contributed by atoms with Gasteiger partial charge in [-0.15, -0.1) is 12.4 Å². The molecule has 110 valence electrons. The van der Waals surface area contributed by atoms with Gasteiger partial charge in [-0.05, 0) is 24.3 Å². The van der Waals surface area contributed by atoms with Crippen molar-refractivity contribution < 1.29 is 0 Å². The number of hydrogen-bond acceptors (Lipinski definition) is 1. The van der Waals surface area contributed by atoms with Crippen LogP contribution in [0.3, 0.4) is 0 Å². The van der Waals surface area contributed by atoms with Gasteiger partial charge in [-0.2, -0.15) is 0 Å². The molecule has 0 amide bonds. The zero-order valence-corrected chi connectivity index (χ0v) is 13.3. The summed E-state index contributed by atoms with van der Waals surface area (Å²) in [7, 11) is 0. The molecule has 1 heterocycles. The van der Waals surface area contributed by atoms with Crippen LogP contribution in [0.1, 0.15) is 58.3 Å². The molecule has 0 fully saturated rings. The van der Waals surface area contributed by atoms with Crippen LogP contribution in [-0.4, -0.2) is 18.0 Å². The van der Waals surface area contributed by atoms with Gasteiger partial charge in [0.25, 0.3) is 0 Å². The molecule has 1 aliphatic rings. The normalized spacial score (nSPS) is 13.9. The maximum Gasteiger partial charge on any atom is 0.0423 e. The van der Waals surface area contributed by atoms with E-state index in [9.17, 15) is 0 Å². The monoisotopic (exact) mass is 283 g/mol. The molecule has 0 unspecified atom stereocenters. The maximum atomic E-state index is 3.84. The lowest BCUT2D eigenvalue weighted by molar-refractivity contribution is 0.386. The first kappa shape index (κ1) is 18.3. The highest BCUT2D eigenvalue weighted by atomic mass is 35.5. The Bertz CT molecular complexity index is 281. The molecule has 0 saturated heterocycles. The van der Waals surface area contributed by atoms with E-state index in [2.05, 4.69) is 36.8 Å². The first-order chi connectivity index (χ1) is 8.86. The Balaban J connectivity index is 0.00000324. The van der Waals surface area contributed by atoms with Crippen molar-refractivity contribution in [3.8, 4) is 0 Å². The number of halogens is 1. The number of hydrogen-bond donors (Lipinski definition) is 0. The van der Waals surface area contributed by atoms with Crippen LogP contribution in [0, 0.1) is 0 Å². The van der Waals surface area contributed by atoms with Gasteiger partial charge in [0.15, 0.2) is 0 Å². The van der Waals surface area contributed by atoms with E-state index >= 15 is 0 Å². The van der Waals surface area contributed by atoms with Crippen molar-refractivity contribution in [3.05, 3.63) is 36.6 Å². The molecule has 0 saturated carbocycles. The Morgan fingerprint density at radius 3 is 2.37 bits per heavy atom. The molecule has 2 heteroatoms. The van der Waals surface area contributed by atoms with Crippen molar-refractivity contribution in [2.45, 2.75) is 58.3 Å². The van der Waals surface area contributed by atoms with Gasteiger partial charge in [0, 0.05) is 13.1 Å². The fourth-order valence-corrected chi connectivity index (χ4v) is 2.36. The van der Waals surface area contributed by atoms with E-state index in [0.29, 0.717) is 0 Å². The van der Waals surface area contributed by atoms with Gasteiger partial charge in [-0.1, -0.05) is 70.6 Å². The summed E-state index contributed by atoms with van der Waals surface area (Å²) in [4.78, 5) is 2.40. The van der Waals surface area contributed by atoms with Crippen molar-refractivity contribution >= 4 is 12.4 Å². The van der Waals surface area contributed by atoms with Crippen molar-refractivity contribution in [1.29, 1.82) is 0 Å². The molecular weight excluding hydrogens is 254 g/mol. The van der Waals surface area contributed by atoms with Crippen LogP contribution in [0.15, 0.2) is 36.6 Å². The summed E-state index contributed by atoms with van der Waals surface area (Å²) in [5, 5.41) is 0. The Morgan fingerprint density at radius 2 is 1.74 bits per heavy atom. The molecule has 0 aromatic rings. The predicted molar refractivity (Wildman–Crippen MR) is 88.9 cm³/mol. The van der Waals surface area contributed by atoms with Crippen LogP contribution in [0.5, 0.6) is 0 Å². The predicted octanol–water partition coefficient (Wildman–Crippen LogP) is 5.49. The third kappa shape index (κ3) is 8.93. The van der Waals surface area contributed by atoms with Crippen molar-refractivity contribution in [2.24, 2.45) is 0 Å². The standard InChI is InChI=1S/C17H29N.ClH/c1-3-5-6-7-8-9-10-11-14-18-15-12-13-17(4-2)16-18;/h4,12-13,15H,2-3,5-11,14,16H2,1H3;1H. The van der Waals surface area contributed by atoms with E-state index in [1.54, 1.807) is 0 Å². The summed E-state index contributed by atoms with van der Waals surface area (Å²) in [6, 6.07) is 0. The smallest absolute Gasteiger partial charge is 0.0423 e. The molecule has 0 aromatic carbocycles. The lowest BCUT2D eigenvalue weighted by atomic mass is 10.1. The first-order valence-electron chi connectivity index (χ1n) is 7.60. The van der Waals surface area contributed by atoms with E-state index in [0.717, 1.165) is 6.54 Å². The number of rotatable bonds is 10. The van der Waals surface area contributed by atoms with Gasteiger partial charge in [0.05, 0.1) is 0 Å². The molecule has 19 heavy (non-hydrogen) atoms. The van der Waals surface area contributed by atoms with Crippen LogP contribution in [0.25, 0.3) is 0 Å². The maximum absolute atomic E-state index is 3.84. The van der Waals surface area contributed by atoms with Gasteiger partial charge in [0.1, 0.15) is 0 Å². The highest BCUT2D eigenvalue weighted by molar-refractivity contribution is 5.85. The highest BCUT2D eigenvalue weighted by Gasteiger charge is 2.04. The summed E-state index contributed by atoms with van der Waals surface area (Å²) in [5.74, 6) is 0. The van der Waals surface area contributed by atoms with Gasteiger partial charge in [-0.3, -0.25) is 0 Å². The minimum atomic E-state index is 0. The molecule has 0 atom stereocenters. The zero-order valence-electron chi connectivity index (χ0n) is 12.4. The number of allylic oxidation sites excluding steroid dienone is 2. The van der Waals surface area contributed by atoms with Gasteiger partial charge in [0.2, 0.25) is 0 Å². The fraction of sp³-hybridized carbons (Fsp3) is 0.647. The van der Waals surface area contributed by atoms with Crippen molar-refractivity contribution in [1.82, 2.24) is 4.90 Å². The molecule has 0 radical (unpaired) electrons. The second kappa shape index (κ2) is 12.3. The fourth-order valence-electron chi connectivity index (χ4n) is 2.36.